The second kappa shape index (κ2) is 3.23. The third-order valence-corrected chi connectivity index (χ3v) is 4.06. The fourth-order valence-corrected chi connectivity index (χ4v) is 3.38. The van der Waals surface area contributed by atoms with Crippen LogP contribution in [0.1, 0.15) is 37.5 Å². The van der Waals surface area contributed by atoms with Gasteiger partial charge in [0.2, 0.25) is 0 Å². The van der Waals surface area contributed by atoms with E-state index in [9.17, 15) is 0 Å². The molecule has 3 rings (SSSR count). The molecule has 1 aromatic heterocycles. The van der Waals surface area contributed by atoms with Crippen molar-refractivity contribution in [3.63, 3.8) is 0 Å². The molecule has 3 nitrogen and oxygen atoms in total. The third-order valence-electron chi connectivity index (χ3n) is 3.82. The van der Waals surface area contributed by atoms with Crippen molar-refractivity contribution in [3.8, 4) is 0 Å². The normalized spacial score (nSPS) is 35.4. The van der Waals surface area contributed by atoms with Crippen molar-refractivity contribution < 1.29 is 0 Å². The van der Waals surface area contributed by atoms with Crippen LogP contribution in [0.15, 0.2) is 6.33 Å². The summed E-state index contributed by atoms with van der Waals surface area (Å²) in [5, 5.41) is 7.99. The number of rotatable bonds is 2. The summed E-state index contributed by atoms with van der Waals surface area (Å²) >= 11 is 5.83. The molecule has 0 radical (unpaired) electrons. The average Bonchev–Trinajstić information content (AvgIpc) is 2.92. The molecule has 0 amide bonds. The van der Waals surface area contributed by atoms with E-state index in [4.69, 9.17) is 11.6 Å². The molecule has 4 heteroatoms. The van der Waals surface area contributed by atoms with Crippen LogP contribution >= 0.6 is 11.6 Å². The highest BCUT2D eigenvalue weighted by Crippen LogP contribution is 2.50. The van der Waals surface area contributed by atoms with Crippen LogP contribution in [0.2, 0.25) is 0 Å². The van der Waals surface area contributed by atoms with E-state index in [1.807, 2.05) is 6.33 Å². The maximum Gasteiger partial charge on any atom is 0.148 e. The summed E-state index contributed by atoms with van der Waals surface area (Å²) in [6, 6.07) is 0.637. The highest BCUT2D eigenvalue weighted by atomic mass is 35.5. The minimum atomic E-state index is 0.480. The smallest absolute Gasteiger partial charge is 0.148 e. The molecule has 2 aliphatic rings. The largest absolute Gasteiger partial charge is 0.313 e. The minimum absolute atomic E-state index is 0.480. The Labute approximate surface area is 88.5 Å². The summed E-state index contributed by atoms with van der Waals surface area (Å²) < 4.78 is 2.21. The average molecular weight is 212 g/mol. The molecule has 3 atom stereocenters. The summed E-state index contributed by atoms with van der Waals surface area (Å²) in [5.41, 5.74) is 0. The van der Waals surface area contributed by atoms with Crippen molar-refractivity contribution in [2.45, 2.75) is 37.6 Å². The number of hydrogen-bond acceptors (Lipinski definition) is 2. The van der Waals surface area contributed by atoms with Gasteiger partial charge < -0.3 is 4.57 Å². The molecular formula is C10H14ClN3. The highest BCUT2D eigenvalue weighted by Gasteiger charge is 2.40. The fourth-order valence-electron chi connectivity index (χ4n) is 3.19. The minimum Gasteiger partial charge on any atom is -0.313 e. The summed E-state index contributed by atoms with van der Waals surface area (Å²) in [5.74, 6) is 3.23. The second-order valence-electron chi connectivity index (χ2n) is 4.53. The predicted molar refractivity (Wildman–Crippen MR) is 54.1 cm³/mol. The van der Waals surface area contributed by atoms with E-state index in [-0.39, 0.29) is 0 Å². The van der Waals surface area contributed by atoms with E-state index in [0.717, 1.165) is 17.7 Å². The van der Waals surface area contributed by atoms with Gasteiger partial charge in [0.15, 0.2) is 0 Å². The van der Waals surface area contributed by atoms with Crippen molar-refractivity contribution in [2.75, 3.05) is 0 Å². The van der Waals surface area contributed by atoms with Gasteiger partial charge >= 0.3 is 0 Å². The molecule has 0 N–H and O–H groups in total. The topological polar surface area (TPSA) is 30.7 Å². The van der Waals surface area contributed by atoms with Crippen molar-refractivity contribution in [1.29, 1.82) is 0 Å². The number of hydrogen-bond donors (Lipinski definition) is 0. The molecule has 2 bridgehead atoms. The van der Waals surface area contributed by atoms with Crippen molar-refractivity contribution in [1.82, 2.24) is 14.8 Å². The summed E-state index contributed by atoms with van der Waals surface area (Å²) in [7, 11) is 0. The Morgan fingerprint density at radius 2 is 2.36 bits per heavy atom. The van der Waals surface area contributed by atoms with Crippen LogP contribution in [0.25, 0.3) is 0 Å². The van der Waals surface area contributed by atoms with Crippen LogP contribution < -0.4 is 0 Å². The molecule has 1 heterocycles. The maximum absolute atomic E-state index is 5.83. The van der Waals surface area contributed by atoms with E-state index in [1.165, 1.54) is 25.7 Å². The fraction of sp³-hybridized carbons (Fsp3) is 0.800. The number of aromatic nitrogens is 3. The first kappa shape index (κ1) is 8.72. The van der Waals surface area contributed by atoms with Gasteiger partial charge in [0, 0.05) is 6.04 Å². The number of halogens is 1. The van der Waals surface area contributed by atoms with Gasteiger partial charge in [-0.25, -0.2) is 0 Å². The molecule has 0 aliphatic heterocycles. The number of fused-ring (bicyclic) bond motifs is 2. The van der Waals surface area contributed by atoms with Crippen LogP contribution in [-0.4, -0.2) is 14.8 Å². The zero-order valence-electron chi connectivity index (χ0n) is 8.06. The maximum atomic E-state index is 5.83. The Kier molecular flexibility index (Phi) is 2.01. The Balaban J connectivity index is 1.89. The molecule has 2 fully saturated rings. The Bertz CT molecular complexity index is 336. The van der Waals surface area contributed by atoms with Crippen molar-refractivity contribution >= 4 is 11.6 Å². The lowest BCUT2D eigenvalue weighted by atomic mass is 9.95. The molecule has 3 unspecified atom stereocenters. The van der Waals surface area contributed by atoms with E-state index in [1.54, 1.807) is 0 Å². The lowest BCUT2D eigenvalue weighted by Gasteiger charge is -2.23. The number of alkyl halides is 1. The zero-order valence-corrected chi connectivity index (χ0v) is 8.82. The van der Waals surface area contributed by atoms with Gasteiger partial charge in [0.25, 0.3) is 0 Å². The van der Waals surface area contributed by atoms with Crippen LogP contribution in [0, 0.1) is 11.8 Å². The Morgan fingerprint density at radius 1 is 1.43 bits per heavy atom. The lowest BCUT2D eigenvalue weighted by Crippen LogP contribution is -2.17. The molecule has 0 saturated heterocycles. The van der Waals surface area contributed by atoms with Crippen LogP contribution in [0.3, 0.4) is 0 Å². The summed E-state index contributed by atoms with van der Waals surface area (Å²) in [6.07, 6.45) is 7.38. The zero-order chi connectivity index (χ0) is 9.54. The van der Waals surface area contributed by atoms with Gasteiger partial charge in [-0.2, -0.15) is 0 Å². The van der Waals surface area contributed by atoms with Gasteiger partial charge in [-0.1, -0.05) is 6.42 Å². The van der Waals surface area contributed by atoms with Gasteiger partial charge in [-0.05, 0) is 31.1 Å². The van der Waals surface area contributed by atoms with Gasteiger partial charge in [-0.3, -0.25) is 0 Å². The molecule has 0 aromatic carbocycles. The van der Waals surface area contributed by atoms with Crippen LogP contribution in [0.4, 0.5) is 0 Å². The monoisotopic (exact) mass is 211 g/mol. The predicted octanol–water partition coefficient (Wildman–Crippen LogP) is 2.38. The summed E-state index contributed by atoms with van der Waals surface area (Å²) in [4.78, 5) is 0. The standard InChI is InChI=1S/C10H14ClN3/c11-5-10-13-12-6-14(10)9-4-7-1-2-8(9)3-7/h6-9H,1-5H2. The molecule has 0 spiro atoms. The molecule has 2 aliphatic carbocycles. The van der Waals surface area contributed by atoms with E-state index in [0.29, 0.717) is 11.9 Å². The SMILES string of the molecule is ClCc1nncn1C1CC2CCC1C2. The van der Waals surface area contributed by atoms with Gasteiger partial charge in [-0.15, -0.1) is 21.8 Å². The lowest BCUT2D eigenvalue weighted by molar-refractivity contribution is 0.324. The van der Waals surface area contributed by atoms with Gasteiger partial charge in [0.1, 0.15) is 12.2 Å². The molecular weight excluding hydrogens is 198 g/mol. The van der Waals surface area contributed by atoms with E-state index >= 15 is 0 Å². The van der Waals surface area contributed by atoms with Crippen molar-refractivity contribution in [3.05, 3.63) is 12.2 Å². The van der Waals surface area contributed by atoms with E-state index < -0.39 is 0 Å². The number of nitrogens with zero attached hydrogens (tertiary/aromatic N) is 3. The summed E-state index contributed by atoms with van der Waals surface area (Å²) in [6.45, 7) is 0. The molecule has 76 valence electrons. The molecule has 2 saturated carbocycles. The van der Waals surface area contributed by atoms with Crippen LogP contribution in [0.5, 0.6) is 0 Å². The quantitative estimate of drug-likeness (QED) is 0.704. The van der Waals surface area contributed by atoms with E-state index in [2.05, 4.69) is 14.8 Å². The highest BCUT2D eigenvalue weighted by molar-refractivity contribution is 6.16. The van der Waals surface area contributed by atoms with Crippen molar-refractivity contribution in [2.24, 2.45) is 11.8 Å². The van der Waals surface area contributed by atoms with Gasteiger partial charge in [0.05, 0.1) is 5.88 Å². The Morgan fingerprint density at radius 3 is 3.00 bits per heavy atom. The second-order valence-corrected chi connectivity index (χ2v) is 4.80. The first-order valence-electron chi connectivity index (χ1n) is 5.33. The first-order valence-corrected chi connectivity index (χ1v) is 5.86. The third kappa shape index (κ3) is 1.18. The first-order chi connectivity index (χ1) is 6.88. The van der Waals surface area contributed by atoms with Crippen LogP contribution in [-0.2, 0) is 5.88 Å². The molecule has 14 heavy (non-hydrogen) atoms. The molecule has 1 aromatic rings. The Hall–Kier alpha value is -0.570.